The van der Waals surface area contributed by atoms with Crippen LogP contribution >= 0.6 is 0 Å². The average Bonchev–Trinajstić information content (AvgIpc) is 3.50. The number of ether oxygens (including phenoxy) is 1. The number of carbonyl (C=O) groups excluding carboxylic acids is 2. The predicted octanol–water partition coefficient (Wildman–Crippen LogP) is 5.14. The normalized spacial score (nSPS) is 14.7. The van der Waals surface area contributed by atoms with E-state index in [0.717, 1.165) is 37.0 Å². The van der Waals surface area contributed by atoms with Crippen molar-refractivity contribution in [1.82, 2.24) is 24.5 Å². The molecule has 0 unspecified atom stereocenters. The first kappa shape index (κ1) is 26.5. The van der Waals surface area contributed by atoms with Crippen LogP contribution in [0, 0.1) is 12.7 Å². The van der Waals surface area contributed by atoms with E-state index in [4.69, 9.17) is 4.74 Å². The third-order valence-electron chi connectivity index (χ3n) is 6.92. The number of hydrogen-bond donors (Lipinski definition) is 2. The van der Waals surface area contributed by atoms with Crippen molar-refractivity contribution in [3.63, 3.8) is 0 Å². The first-order valence-corrected chi connectivity index (χ1v) is 13.2. The molecule has 4 heterocycles. The largest absolute Gasteiger partial charge is 0.444 e. The second kappa shape index (κ2) is 10.2. The summed E-state index contributed by atoms with van der Waals surface area (Å²) in [5.41, 5.74) is 2.57. The third kappa shape index (κ3) is 5.39. The average molecular weight is 536 g/mol. The van der Waals surface area contributed by atoms with Crippen LogP contribution in [-0.4, -0.2) is 67.8 Å². The molecule has 1 fully saturated rings. The van der Waals surface area contributed by atoms with Crippen LogP contribution in [0.4, 0.5) is 20.6 Å². The summed E-state index contributed by atoms with van der Waals surface area (Å²) in [5, 5.41) is 10.9. The van der Waals surface area contributed by atoms with Crippen LogP contribution in [0.2, 0.25) is 0 Å². The zero-order chi connectivity index (χ0) is 27.9. The molecule has 1 saturated heterocycles. The van der Waals surface area contributed by atoms with E-state index < -0.39 is 11.4 Å². The predicted molar refractivity (Wildman–Crippen MR) is 148 cm³/mol. The number of amides is 2. The van der Waals surface area contributed by atoms with Gasteiger partial charge in [-0.2, -0.15) is 5.10 Å². The van der Waals surface area contributed by atoms with Gasteiger partial charge >= 0.3 is 6.09 Å². The number of H-pyrrole nitrogens is 1. The van der Waals surface area contributed by atoms with Gasteiger partial charge in [-0.15, -0.1) is 0 Å². The highest BCUT2D eigenvalue weighted by Crippen LogP contribution is 2.32. The molecule has 11 heteroatoms. The van der Waals surface area contributed by atoms with E-state index in [-0.39, 0.29) is 23.7 Å². The van der Waals surface area contributed by atoms with Crippen LogP contribution in [0.25, 0.3) is 16.6 Å². The summed E-state index contributed by atoms with van der Waals surface area (Å²) in [6.45, 7) is 11.5. The summed E-state index contributed by atoms with van der Waals surface area (Å²) in [4.78, 5) is 34.1. The lowest BCUT2D eigenvalue weighted by molar-refractivity contribution is 0.0149. The molecule has 1 aliphatic heterocycles. The Labute approximate surface area is 226 Å². The van der Waals surface area contributed by atoms with Gasteiger partial charge in [0.1, 0.15) is 11.1 Å². The van der Waals surface area contributed by atoms with E-state index in [1.807, 2.05) is 38.7 Å². The smallest absolute Gasteiger partial charge is 0.410 e. The van der Waals surface area contributed by atoms with Crippen molar-refractivity contribution in [2.24, 2.45) is 0 Å². The van der Waals surface area contributed by atoms with Crippen LogP contribution in [-0.2, 0) is 4.74 Å². The molecule has 5 rings (SSSR count). The Morgan fingerprint density at radius 1 is 1.23 bits per heavy atom. The van der Waals surface area contributed by atoms with Crippen LogP contribution in [0.5, 0.6) is 0 Å². The highest BCUT2D eigenvalue weighted by Gasteiger charge is 2.31. The van der Waals surface area contributed by atoms with Crippen molar-refractivity contribution >= 4 is 39.9 Å². The number of imidazole rings is 1. The minimum atomic E-state index is -0.536. The molecule has 1 aliphatic rings. The number of rotatable bonds is 5. The van der Waals surface area contributed by atoms with E-state index in [9.17, 15) is 14.0 Å². The standard InChI is InChI=1S/C28H34FN7O3/c1-6-36(27(38)39-28(3,4)5)19-9-11-34(12-10-19)23-8-7-20(24-21(23)14-30-33-24)26(37)32-18-13-22(29)25-31-17(2)15-35(25)16-18/h7-8,13-16,19H,6,9-12H2,1-5H3,(H,30,33)(H,32,37). The highest BCUT2D eigenvalue weighted by molar-refractivity contribution is 6.13. The molecule has 39 heavy (non-hydrogen) atoms. The number of aryl methyl sites for hydroxylation is 1. The molecule has 3 aromatic heterocycles. The minimum Gasteiger partial charge on any atom is -0.444 e. The number of pyridine rings is 1. The van der Waals surface area contributed by atoms with Gasteiger partial charge in [0.05, 0.1) is 16.9 Å². The lowest BCUT2D eigenvalue weighted by Gasteiger charge is -2.39. The maximum atomic E-state index is 14.5. The van der Waals surface area contributed by atoms with Crippen LogP contribution in [0.15, 0.2) is 36.8 Å². The van der Waals surface area contributed by atoms with Gasteiger partial charge in [-0.3, -0.25) is 9.89 Å². The molecule has 2 N–H and O–H groups in total. The Morgan fingerprint density at radius 3 is 2.67 bits per heavy atom. The third-order valence-corrected chi connectivity index (χ3v) is 6.92. The fourth-order valence-corrected chi connectivity index (χ4v) is 5.20. The molecule has 0 spiro atoms. The zero-order valence-electron chi connectivity index (χ0n) is 22.9. The van der Waals surface area contributed by atoms with Gasteiger partial charge in [0.25, 0.3) is 5.91 Å². The highest BCUT2D eigenvalue weighted by atomic mass is 19.1. The zero-order valence-corrected chi connectivity index (χ0v) is 22.9. The Morgan fingerprint density at radius 2 is 1.97 bits per heavy atom. The maximum absolute atomic E-state index is 14.5. The fourth-order valence-electron chi connectivity index (χ4n) is 5.20. The molecule has 206 valence electrons. The van der Waals surface area contributed by atoms with Gasteiger partial charge < -0.3 is 24.3 Å². The SMILES string of the molecule is CCN(C(=O)OC(C)(C)C)C1CCN(c2ccc(C(=O)Nc3cc(F)c4nc(C)cn4c3)c3n[nH]cc23)CC1. The van der Waals surface area contributed by atoms with E-state index in [0.29, 0.717) is 29.0 Å². The van der Waals surface area contributed by atoms with Gasteiger partial charge in [0.15, 0.2) is 11.5 Å². The number of nitrogens with zero attached hydrogens (tertiary/aromatic N) is 5. The number of benzene rings is 1. The Balaban J connectivity index is 1.31. The molecule has 4 aromatic rings. The summed E-state index contributed by atoms with van der Waals surface area (Å²) < 4.78 is 21.7. The van der Waals surface area contributed by atoms with E-state index in [1.165, 1.54) is 6.07 Å². The molecule has 0 atom stereocenters. The Bertz CT molecular complexity index is 1530. The van der Waals surface area contributed by atoms with Crippen LogP contribution < -0.4 is 10.2 Å². The second-order valence-corrected chi connectivity index (χ2v) is 10.9. The van der Waals surface area contributed by atoms with Crippen molar-refractivity contribution in [3.8, 4) is 0 Å². The summed E-state index contributed by atoms with van der Waals surface area (Å²) in [6, 6.07) is 5.02. The molecular formula is C28H34FN7O3. The molecule has 0 aliphatic carbocycles. The Kier molecular flexibility index (Phi) is 6.92. The lowest BCUT2D eigenvalue weighted by atomic mass is 10.0. The molecule has 0 saturated carbocycles. The first-order chi connectivity index (χ1) is 18.5. The number of nitrogens with one attached hydrogen (secondary N) is 2. The van der Waals surface area contributed by atoms with E-state index in [2.05, 4.69) is 25.4 Å². The number of aromatic amines is 1. The number of aromatic nitrogens is 4. The molecule has 0 radical (unpaired) electrons. The van der Waals surface area contributed by atoms with E-state index in [1.54, 1.807) is 36.0 Å². The molecule has 1 aromatic carbocycles. The molecule has 2 amide bonds. The molecular weight excluding hydrogens is 501 g/mol. The van der Waals surface area contributed by atoms with Crippen molar-refractivity contribution in [2.45, 2.75) is 59.1 Å². The van der Waals surface area contributed by atoms with E-state index >= 15 is 0 Å². The number of carbonyl (C=O) groups is 2. The fraction of sp³-hybridized carbons (Fsp3) is 0.429. The van der Waals surface area contributed by atoms with Gasteiger partial charge in [-0.25, -0.2) is 14.2 Å². The number of hydrogen-bond acceptors (Lipinski definition) is 6. The van der Waals surface area contributed by atoms with Crippen molar-refractivity contribution in [2.75, 3.05) is 29.9 Å². The summed E-state index contributed by atoms with van der Waals surface area (Å²) >= 11 is 0. The number of anilines is 2. The van der Waals surface area contributed by atoms with Gasteiger partial charge in [0, 0.05) is 61.4 Å². The summed E-state index contributed by atoms with van der Waals surface area (Å²) in [7, 11) is 0. The number of fused-ring (bicyclic) bond motifs is 2. The van der Waals surface area contributed by atoms with Crippen LogP contribution in [0.3, 0.4) is 0 Å². The van der Waals surface area contributed by atoms with Gasteiger partial charge in [0.2, 0.25) is 0 Å². The Hall–Kier alpha value is -4.15. The quantitative estimate of drug-likeness (QED) is 0.367. The molecule has 0 bridgehead atoms. The topological polar surface area (TPSA) is 108 Å². The number of piperidine rings is 1. The van der Waals surface area contributed by atoms with Crippen LogP contribution in [0.1, 0.15) is 56.6 Å². The van der Waals surface area contributed by atoms with Crippen molar-refractivity contribution in [3.05, 3.63) is 53.9 Å². The lowest BCUT2D eigenvalue weighted by Crippen LogP contribution is -2.48. The summed E-state index contributed by atoms with van der Waals surface area (Å²) in [5.74, 6) is -0.901. The first-order valence-electron chi connectivity index (χ1n) is 13.2. The second-order valence-electron chi connectivity index (χ2n) is 10.9. The monoisotopic (exact) mass is 535 g/mol. The number of halogens is 1. The maximum Gasteiger partial charge on any atom is 0.410 e. The van der Waals surface area contributed by atoms with Crippen molar-refractivity contribution in [1.29, 1.82) is 0 Å². The summed E-state index contributed by atoms with van der Waals surface area (Å²) in [6.07, 6.45) is 6.44. The molecule has 10 nitrogen and oxygen atoms in total. The van der Waals surface area contributed by atoms with Crippen molar-refractivity contribution < 1.29 is 18.7 Å². The van der Waals surface area contributed by atoms with Gasteiger partial charge in [-0.1, -0.05) is 0 Å². The van der Waals surface area contributed by atoms with Gasteiger partial charge in [-0.05, 0) is 59.6 Å². The minimum absolute atomic E-state index is 0.100.